The summed E-state index contributed by atoms with van der Waals surface area (Å²) < 4.78 is 0. The summed E-state index contributed by atoms with van der Waals surface area (Å²) in [6.45, 7) is 6.19. The molecule has 162 valence electrons. The topological polar surface area (TPSA) is 49.4 Å². The van der Waals surface area contributed by atoms with E-state index in [9.17, 15) is 9.59 Å². The van der Waals surface area contributed by atoms with Crippen molar-refractivity contribution in [2.45, 2.75) is 40.0 Å². The molecule has 0 atom stereocenters. The fraction of sp³-hybridized carbons (Fsp3) is 0.214. The largest absolute Gasteiger partial charge is 0.350 e. The minimum Gasteiger partial charge on any atom is -0.350 e. The summed E-state index contributed by atoms with van der Waals surface area (Å²) in [5.41, 5.74) is 6.19. The molecule has 0 saturated heterocycles. The van der Waals surface area contributed by atoms with Gasteiger partial charge in [0.15, 0.2) is 0 Å². The first-order valence-electron chi connectivity index (χ1n) is 11.1. The quantitative estimate of drug-likeness (QED) is 0.470. The summed E-state index contributed by atoms with van der Waals surface area (Å²) in [5, 5.41) is 3.26. The van der Waals surface area contributed by atoms with Crippen LogP contribution in [-0.2, 0) is 16.0 Å². The number of nitrogens with one attached hydrogen (secondary N) is 1. The first kappa shape index (κ1) is 21.6. The van der Waals surface area contributed by atoms with Gasteiger partial charge >= 0.3 is 0 Å². The summed E-state index contributed by atoms with van der Waals surface area (Å²) in [6, 6.07) is 23.1. The van der Waals surface area contributed by atoms with E-state index in [-0.39, 0.29) is 11.8 Å². The molecular weight excluding hydrogens is 396 g/mol. The fourth-order valence-electron chi connectivity index (χ4n) is 4.14. The Balaban J connectivity index is 1.73. The Bertz CT molecular complexity index is 1160. The molecule has 0 spiro atoms. The second-order valence-corrected chi connectivity index (χ2v) is 8.33. The van der Waals surface area contributed by atoms with Crippen molar-refractivity contribution in [1.82, 2.24) is 0 Å². The second kappa shape index (κ2) is 9.23. The minimum absolute atomic E-state index is 0.307. The van der Waals surface area contributed by atoms with Crippen molar-refractivity contribution in [3.63, 3.8) is 0 Å². The molecule has 0 aromatic heterocycles. The second-order valence-electron chi connectivity index (χ2n) is 8.33. The van der Waals surface area contributed by atoms with Gasteiger partial charge in [0.1, 0.15) is 5.70 Å². The number of benzene rings is 3. The van der Waals surface area contributed by atoms with Gasteiger partial charge in [-0.05, 0) is 73.2 Å². The van der Waals surface area contributed by atoms with Crippen LogP contribution in [0.3, 0.4) is 0 Å². The van der Waals surface area contributed by atoms with Gasteiger partial charge in [-0.2, -0.15) is 0 Å². The highest BCUT2D eigenvalue weighted by molar-refractivity contribution is 6.46. The zero-order valence-electron chi connectivity index (χ0n) is 18.8. The summed E-state index contributed by atoms with van der Waals surface area (Å²) >= 11 is 0. The van der Waals surface area contributed by atoms with Crippen LogP contribution in [0.2, 0.25) is 0 Å². The maximum absolute atomic E-state index is 13.5. The van der Waals surface area contributed by atoms with E-state index in [0.717, 1.165) is 41.6 Å². The van der Waals surface area contributed by atoms with Crippen molar-refractivity contribution in [1.29, 1.82) is 0 Å². The molecule has 0 unspecified atom stereocenters. The van der Waals surface area contributed by atoms with E-state index >= 15 is 0 Å². The molecule has 0 saturated carbocycles. The number of carbonyl (C=O) groups excluding carboxylic acids is 2. The van der Waals surface area contributed by atoms with E-state index in [1.165, 1.54) is 10.5 Å². The molecular formula is C28H28N2O2. The summed E-state index contributed by atoms with van der Waals surface area (Å²) in [7, 11) is 0. The Morgan fingerprint density at radius 2 is 1.47 bits per heavy atom. The molecule has 32 heavy (non-hydrogen) atoms. The van der Waals surface area contributed by atoms with Crippen LogP contribution in [0.1, 0.15) is 42.0 Å². The molecule has 0 aliphatic carbocycles. The van der Waals surface area contributed by atoms with Gasteiger partial charge in [0, 0.05) is 5.69 Å². The van der Waals surface area contributed by atoms with Crippen LogP contribution in [0.5, 0.6) is 0 Å². The number of amides is 2. The van der Waals surface area contributed by atoms with Crippen LogP contribution in [0.15, 0.2) is 78.5 Å². The van der Waals surface area contributed by atoms with Crippen LogP contribution >= 0.6 is 0 Å². The summed E-state index contributed by atoms with van der Waals surface area (Å²) in [4.78, 5) is 28.3. The Morgan fingerprint density at radius 3 is 2.09 bits per heavy atom. The molecule has 1 aliphatic heterocycles. The average Bonchev–Trinajstić information content (AvgIpc) is 3.02. The maximum Gasteiger partial charge on any atom is 0.282 e. The molecule has 0 bridgehead atoms. The highest BCUT2D eigenvalue weighted by atomic mass is 16.2. The molecule has 3 aromatic rings. The van der Waals surface area contributed by atoms with E-state index in [1.54, 1.807) is 0 Å². The lowest BCUT2D eigenvalue weighted by Crippen LogP contribution is -2.32. The van der Waals surface area contributed by atoms with Crippen molar-refractivity contribution in [2.24, 2.45) is 0 Å². The lowest BCUT2D eigenvalue weighted by molar-refractivity contribution is -0.120. The molecule has 4 nitrogen and oxygen atoms in total. The predicted octanol–water partition coefficient (Wildman–Crippen LogP) is 6.04. The smallest absolute Gasteiger partial charge is 0.282 e. The Labute approximate surface area is 189 Å². The third kappa shape index (κ3) is 4.35. The predicted molar refractivity (Wildman–Crippen MR) is 130 cm³/mol. The monoisotopic (exact) mass is 424 g/mol. The van der Waals surface area contributed by atoms with Crippen molar-refractivity contribution < 1.29 is 9.59 Å². The van der Waals surface area contributed by atoms with Crippen LogP contribution in [0, 0.1) is 13.8 Å². The van der Waals surface area contributed by atoms with Gasteiger partial charge < -0.3 is 5.32 Å². The fourth-order valence-corrected chi connectivity index (χ4v) is 4.14. The molecule has 4 rings (SSSR count). The van der Waals surface area contributed by atoms with Gasteiger partial charge in [-0.25, -0.2) is 4.90 Å². The van der Waals surface area contributed by atoms with Gasteiger partial charge in [-0.3, -0.25) is 9.59 Å². The van der Waals surface area contributed by atoms with Crippen LogP contribution in [-0.4, -0.2) is 11.8 Å². The molecule has 3 aromatic carbocycles. The first-order valence-corrected chi connectivity index (χ1v) is 11.1. The van der Waals surface area contributed by atoms with Gasteiger partial charge in [0.2, 0.25) is 0 Å². The average molecular weight is 425 g/mol. The maximum atomic E-state index is 13.5. The molecule has 2 amide bonds. The van der Waals surface area contributed by atoms with E-state index in [2.05, 4.69) is 18.3 Å². The number of imide groups is 1. The van der Waals surface area contributed by atoms with Gasteiger partial charge in [-0.1, -0.05) is 61.9 Å². The SMILES string of the molecule is CCCCc1ccc(N2C(=O)C(Nc3cc(C)cc(C)c3)=C(c3ccccc3)C2=O)cc1. The minimum atomic E-state index is -0.339. The molecule has 0 fully saturated rings. The van der Waals surface area contributed by atoms with E-state index < -0.39 is 0 Å². The summed E-state index contributed by atoms with van der Waals surface area (Å²) in [6.07, 6.45) is 3.24. The summed E-state index contributed by atoms with van der Waals surface area (Å²) in [5.74, 6) is -0.649. The van der Waals surface area contributed by atoms with Crippen molar-refractivity contribution in [2.75, 3.05) is 10.2 Å². The third-order valence-corrected chi connectivity index (χ3v) is 5.65. The van der Waals surface area contributed by atoms with Crippen molar-refractivity contribution in [3.8, 4) is 0 Å². The standard InChI is InChI=1S/C28H28N2O2/c1-4-5-9-21-12-14-24(15-13-21)30-27(31)25(22-10-7-6-8-11-22)26(28(30)32)29-23-17-19(2)16-20(3)18-23/h6-8,10-18,29H,4-5,9H2,1-3H3. The number of anilines is 2. The molecule has 1 heterocycles. The zero-order chi connectivity index (χ0) is 22.7. The number of unbranched alkanes of at least 4 members (excludes halogenated alkanes) is 1. The van der Waals surface area contributed by atoms with E-state index in [1.807, 2.05) is 80.6 Å². The highest BCUT2D eigenvalue weighted by Crippen LogP contribution is 2.34. The van der Waals surface area contributed by atoms with Crippen molar-refractivity contribution >= 4 is 28.8 Å². The van der Waals surface area contributed by atoms with Gasteiger partial charge in [0.25, 0.3) is 11.8 Å². The Hall–Kier alpha value is -3.66. The van der Waals surface area contributed by atoms with Crippen LogP contribution < -0.4 is 10.2 Å². The number of aryl methyl sites for hydroxylation is 3. The number of hydrogen-bond acceptors (Lipinski definition) is 3. The lowest BCUT2D eigenvalue weighted by Gasteiger charge is -2.16. The van der Waals surface area contributed by atoms with E-state index in [0.29, 0.717) is 17.0 Å². The van der Waals surface area contributed by atoms with Gasteiger partial charge in [-0.15, -0.1) is 0 Å². The van der Waals surface area contributed by atoms with Crippen molar-refractivity contribution in [3.05, 3.63) is 101 Å². The first-order chi connectivity index (χ1) is 15.5. The van der Waals surface area contributed by atoms with Crippen LogP contribution in [0.25, 0.3) is 5.57 Å². The van der Waals surface area contributed by atoms with Gasteiger partial charge in [0.05, 0.1) is 11.3 Å². The highest BCUT2D eigenvalue weighted by Gasteiger charge is 2.40. The number of carbonyl (C=O) groups is 2. The molecule has 0 radical (unpaired) electrons. The zero-order valence-corrected chi connectivity index (χ0v) is 18.8. The number of hydrogen-bond donors (Lipinski definition) is 1. The van der Waals surface area contributed by atoms with E-state index in [4.69, 9.17) is 0 Å². The molecule has 1 aliphatic rings. The Kier molecular flexibility index (Phi) is 6.22. The lowest BCUT2D eigenvalue weighted by atomic mass is 10.0. The Morgan fingerprint density at radius 1 is 0.812 bits per heavy atom. The van der Waals surface area contributed by atoms with Crippen LogP contribution in [0.4, 0.5) is 11.4 Å². The number of rotatable bonds is 7. The third-order valence-electron chi connectivity index (χ3n) is 5.65. The number of nitrogens with zero attached hydrogens (tertiary/aromatic N) is 1. The molecule has 4 heteroatoms. The normalized spacial score (nSPS) is 13.8. The molecule has 1 N–H and O–H groups in total.